The largest absolute Gasteiger partial charge is 1.00 e. The number of phenols is 2. The molecule has 12 heteroatoms. The number of aromatic carboxylic acids is 1. The number of carbonyl (C=O) groups is 1. The summed E-state index contributed by atoms with van der Waals surface area (Å²) in [5, 5.41) is 50.2. The van der Waals surface area contributed by atoms with E-state index < -0.39 is 18.2 Å². The number of carboxylic acids is 1. The Morgan fingerprint density at radius 3 is 1.80 bits per heavy atom. The number of aliphatic hydroxyl groups is 2. The number of hydrogen-bond acceptors (Lipinski definition) is 11. The summed E-state index contributed by atoms with van der Waals surface area (Å²) >= 11 is 0. The molecule has 2 spiro atoms. The number of para-hydroxylation sites is 1. The van der Waals surface area contributed by atoms with Gasteiger partial charge >= 0.3 is 29.6 Å². The third-order valence-electron chi connectivity index (χ3n) is 13.6. The Morgan fingerprint density at radius 2 is 1.28 bits per heavy atom. The molecule has 4 aliphatic heterocycles. The van der Waals surface area contributed by atoms with Crippen molar-refractivity contribution in [2.45, 2.75) is 73.0 Å². The standard InChI is InChI=1S/C18H21NO3.C17H19NO3.C7H6O3.Na/c1-19-8-7-18-11-4-5-13(20)17(18)22-16-14(21-2)6-3-10(15(16)18)9-12(11)19;1-18-7-6-17-10-3-5-13(20)16(17)21-15-12(19)4-2-9(14(15)17)8-11(10)18;8-6-4-2-1-3-5(6)7(9)10;/h3-6,11-13,17,20H,7-9H2,1-2H3;2-5,10-11,13,16,19-20H,6-8H2,1H3;1-4,8H,(H,9,10);/q;;;+1/p-1/t11-,12+,13-,17-,18-;10-,11+,13-,16-,17-;;/m00../s1. The number of aliphatic hydroxyl groups excluding tert-OH is 2. The van der Waals surface area contributed by atoms with Crippen molar-refractivity contribution in [2.24, 2.45) is 11.8 Å². The fourth-order valence-corrected chi connectivity index (χ4v) is 11.3. The first kappa shape index (κ1) is 37.4. The molecule has 0 aromatic heterocycles. The van der Waals surface area contributed by atoms with E-state index in [1.807, 2.05) is 24.3 Å². The van der Waals surface area contributed by atoms with Gasteiger partial charge in [-0.2, -0.15) is 0 Å². The minimum atomic E-state index is -1.36. The van der Waals surface area contributed by atoms with E-state index in [1.165, 1.54) is 40.5 Å². The van der Waals surface area contributed by atoms with Crippen LogP contribution < -0.4 is 48.9 Å². The van der Waals surface area contributed by atoms with Crippen molar-refractivity contribution in [1.29, 1.82) is 0 Å². The van der Waals surface area contributed by atoms with Crippen LogP contribution in [0.1, 0.15) is 45.5 Å². The zero-order valence-electron chi connectivity index (χ0n) is 31.0. The van der Waals surface area contributed by atoms with Crippen molar-refractivity contribution in [2.75, 3.05) is 34.3 Å². The van der Waals surface area contributed by atoms with E-state index >= 15 is 0 Å². The summed E-state index contributed by atoms with van der Waals surface area (Å²) in [7, 11) is 6.10. The summed E-state index contributed by atoms with van der Waals surface area (Å²) in [6.07, 6.45) is 10.7. The summed E-state index contributed by atoms with van der Waals surface area (Å²) in [5.41, 5.74) is 4.71. The Morgan fingerprint density at radius 1 is 0.759 bits per heavy atom. The maximum atomic E-state index is 10.6. The Bertz CT molecular complexity index is 2060. The molecular weight excluding hydrogens is 699 g/mol. The third kappa shape index (κ3) is 5.16. The van der Waals surface area contributed by atoms with Gasteiger partial charge in [-0.05, 0) is 88.3 Å². The number of hydrogen-bond donors (Lipinski definition) is 4. The predicted molar refractivity (Wildman–Crippen MR) is 192 cm³/mol. The average Bonchev–Trinajstić information content (AvgIpc) is 3.69. The van der Waals surface area contributed by atoms with E-state index in [2.05, 4.69) is 42.1 Å². The van der Waals surface area contributed by atoms with Crippen LogP contribution in [0.15, 0.2) is 72.8 Å². The van der Waals surface area contributed by atoms with Crippen molar-refractivity contribution in [3.05, 3.63) is 101 Å². The first-order valence-corrected chi connectivity index (χ1v) is 18.5. The Labute approximate surface area is 336 Å². The van der Waals surface area contributed by atoms with E-state index in [-0.39, 0.29) is 69.7 Å². The fourth-order valence-electron chi connectivity index (χ4n) is 11.3. The van der Waals surface area contributed by atoms with Gasteiger partial charge < -0.3 is 54.3 Å². The Balaban J connectivity index is 0.000000122. The SMILES string of the molecule is CN1CC[C@]23c4c5ccc(O)c4O[C@H]2[C@@H](O)C=C[C@H]3[C@H]1C5.COc1ccc2c3c1O[C@H]1[C@@H](O)C=C[C@H]4[C@@H](C2)N(C)CC[C@@]341.O=C([O-])c1ccccc1O.[Na+]. The van der Waals surface area contributed by atoms with Crippen molar-refractivity contribution in [1.82, 2.24) is 9.80 Å². The number of nitrogens with zero attached hydrogens (tertiary/aromatic N) is 2. The van der Waals surface area contributed by atoms with Crippen molar-refractivity contribution < 1.29 is 74.1 Å². The van der Waals surface area contributed by atoms with Gasteiger partial charge in [0.1, 0.15) is 30.2 Å². The van der Waals surface area contributed by atoms with Gasteiger partial charge in [-0.25, -0.2) is 0 Å². The molecular formula is C42H45N2NaO9. The first-order valence-electron chi connectivity index (χ1n) is 18.5. The first-order chi connectivity index (χ1) is 25.5. The zero-order chi connectivity index (χ0) is 37.0. The fraction of sp³-hybridized carbons (Fsp3) is 0.452. The van der Waals surface area contributed by atoms with E-state index in [1.54, 1.807) is 19.2 Å². The summed E-state index contributed by atoms with van der Waals surface area (Å²) in [6.45, 7) is 2.06. The van der Waals surface area contributed by atoms with Crippen LogP contribution in [-0.2, 0) is 23.7 Å². The molecule has 11 nitrogen and oxygen atoms in total. The second-order valence-corrected chi connectivity index (χ2v) is 15.8. The van der Waals surface area contributed by atoms with Gasteiger partial charge in [-0.1, -0.05) is 48.6 Å². The van der Waals surface area contributed by atoms with Gasteiger partial charge in [-0.15, -0.1) is 0 Å². The summed E-state index contributed by atoms with van der Waals surface area (Å²) in [5.74, 6) is 1.65. The molecule has 0 radical (unpaired) electrons. The maximum absolute atomic E-state index is 10.6. The summed E-state index contributed by atoms with van der Waals surface area (Å²) in [6, 6.07) is 14.6. The summed E-state index contributed by atoms with van der Waals surface area (Å²) in [4.78, 5) is 15.1. The van der Waals surface area contributed by atoms with Crippen LogP contribution in [0.4, 0.5) is 0 Å². The number of ether oxygens (including phenoxy) is 3. The third-order valence-corrected chi connectivity index (χ3v) is 13.6. The topological polar surface area (TPSA) is 155 Å². The van der Waals surface area contributed by atoms with Crippen LogP contribution in [0.3, 0.4) is 0 Å². The maximum Gasteiger partial charge on any atom is 1.00 e. The van der Waals surface area contributed by atoms with Crippen LogP contribution in [0, 0.1) is 11.8 Å². The van der Waals surface area contributed by atoms with Gasteiger partial charge in [0.25, 0.3) is 0 Å². The molecule has 0 saturated carbocycles. The number of benzene rings is 3. The van der Waals surface area contributed by atoms with E-state index in [0.717, 1.165) is 50.3 Å². The van der Waals surface area contributed by atoms with Crippen LogP contribution in [0.2, 0.25) is 0 Å². The molecule has 4 aliphatic carbocycles. The Kier molecular flexibility index (Phi) is 9.40. The number of methoxy groups -OCH3 is 1. The number of phenolic OH excluding ortho intramolecular Hbond substituents is 1. The number of carboxylic acid groups (broad SMARTS) is 1. The van der Waals surface area contributed by atoms with Crippen molar-refractivity contribution >= 4 is 5.97 Å². The predicted octanol–water partition coefficient (Wildman–Crippen LogP) is -0.541. The number of carbonyl (C=O) groups excluding carboxylic acids is 1. The average molecular weight is 745 g/mol. The molecule has 2 saturated heterocycles. The number of rotatable bonds is 2. The van der Waals surface area contributed by atoms with Crippen LogP contribution in [0.25, 0.3) is 0 Å². The van der Waals surface area contributed by atoms with Gasteiger partial charge in [0.15, 0.2) is 23.0 Å². The van der Waals surface area contributed by atoms with Gasteiger partial charge in [0.2, 0.25) is 0 Å². The second-order valence-electron chi connectivity index (χ2n) is 15.8. The van der Waals surface area contributed by atoms with Crippen molar-refractivity contribution in [3.63, 3.8) is 0 Å². The smallest absolute Gasteiger partial charge is 0.545 e. The molecule has 2 fully saturated rings. The minimum absolute atomic E-state index is 0. The molecule has 0 amide bonds. The summed E-state index contributed by atoms with van der Waals surface area (Å²) < 4.78 is 17.9. The number of piperidine rings is 2. The van der Waals surface area contributed by atoms with E-state index in [9.17, 15) is 25.2 Å². The van der Waals surface area contributed by atoms with Crippen LogP contribution >= 0.6 is 0 Å². The van der Waals surface area contributed by atoms with Crippen LogP contribution in [0.5, 0.6) is 28.7 Å². The molecule has 4 bridgehead atoms. The molecule has 3 aromatic carbocycles. The van der Waals surface area contributed by atoms with E-state index in [4.69, 9.17) is 19.3 Å². The zero-order valence-corrected chi connectivity index (χ0v) is 33.0. The number of aromatic hydroxyl groups is 2. The molecule has 278 valence electrons. The van der Waals surface area contributed by atoms with Gasteiger partial charge in [-0.3, -0.25) is 0 Å². The molecule has 11 rings (SSSR count). The van der Waals surface area contributed by atoms with Crippen LogP contribution in [-0.4, -0.2) is 107 Å². The van der Waals surface area contributed by atoms with Gasteiger partial charge in [0, 0.05) is 51.4 Å². The Hall–Kier alpha value is -3.55. The monoisotopic (exact) mass is 744 g/mol. The number of likely N-dealkylation sites (tertiary alicyclic amines) is 2. The second kappa shape index (κ2) is 13.6. The molecule has 54 heavy (non-hydrogen) atoms. The normalized spacial score (nSPS) is 35.0. The molecule has 0 unspecified atom stereocenters. The van der Waals surface area contributed by atoms with Gasteiger partial charge in [0.05, 0.1) is 13.1 Å². The number of likely N-dealkylation sites (N-methyl/N-ethyl adjacent to an activating group) is 2. The minimum Gasteiger partial charge on any atom is -0.545 e. The molecule has 8 aliphatic rings. The van der Waals surface area contributed by atoms with Crippen molar-refractivity contribution in [3.8, 4) is 28.7 Å². The van der Waals surface area contributed by atoms with E-state index in [0.29, 0.717) is 29.7 Å². The molecule has 4 N–H and O–H groups in total. The molecule has 3 aromatic rings. The molecule has 4 heterocycles. The quantitative estimate of drug-likeness (QED) is 0.198. The molecule has 10 atom stereocenters.